The Morgan fingerprint density at radius 3 is 2.43 bits per heavy atom. The number of hydrogen-bond donors (Lipinski definition) is 2. The van der Waals surface area contributed by atoms with E-state index in [0.29, 0.717) is 12.8 Å². The molecule has 0 atom stereocenters. The van der Waals surface area contributed by atoms with Gasteiger partial charge >= 0.3 is 11.7 Å². The molecule has 0 unspecified atom stereocenters. The van der Waals surface area contributed by atoms with Gasteiger partial charge in [0.1, 0.15) is 0 Å². The van der Waals surface area contributed by atoms with Crippen molar-refractivity contribution in [1.82, 2.24) is 5.32 Å². The molecule has 8 nitrogen and oxygen atoms in total. The van der Waals surface area contributed by atoms with Crippen LogP contribution in [0.4, 0.5) is 5.69 Å². The van der Waals surface area contributed by atoms with Crippen molar-refractivity contribution >= 4 is 17.6 Å². The van der Waals surface area contributed by atoms with E-state index in [1.165, 1.54) is 18.2 Å². The molecule has 8 heteroatoms. The van der Waals surface area contributed by atoms with Gasteiger partial charge in [-0.25, -0.2) is 0 Å². The smallest absolute Gasteiger partial charge is 0.311 e. The van der Waals surface area contributed by atoms with Gasteiger partial charge in [0.25, 0.3) is 5.91 Å². The number of hydrogen-bond acceptors (Lipinski definition) is 5. The van der Waals surface area contributed by atoms with Crippen LogP contribution < -0.4 is 10.1 Å². The van der Waals surface area contributed by atoms with Crippen LogP contribution in [-0.4, -0.2) is 35.1 Å². The summed E-state index contributed by atoms with van der Waals surface area (Å²) in [5.74, 6) is -1.51. The Kier molecular flexibility index (Phi) is 6.49. The zero-order valence-corrected chi connectivity index (χ0v) is 13.1. The highest BCUT2D eigenvalue weighted by molar-refractivity contribution is 5.80. The number of benzene rings is 1. The summed E-state index contributed by atoms with van der Waals surface area (Å²) in [5, 5.41) is 22.6. The first kappa shape index (κ1) is 18.4. The number of aliphatic carboxylic acids is 1. The molecule has 1 aromatic rings. The van der Waals surface area contributed by atoms with E-state index in [1.54, 1.807) is 19.9 Å². The summed E-state index contributed by atoms with van der Waals surface area (Å²) in [6, 6.07) is 5.72. The van der Waals surface area contributed by atoms with Crippen molar-refractivity contribution in [2.75, 3.05) is 13.2 Å². The maximum Gasteiger partial charge on any atom is 0.311 e. The largest absolute Gasteiger partial charge is 0.481 e. The third-order valence-corrected chi connectivity index (χ3v) is 3.85. The quantitative estimate of drug-likeness (QED) is 0.529. The molecule has 0 fully saturated rings. The Morgan fingerprint density at radius 1 is 1.30 bits per heavy atom. The average molecular weight is 324 g/mol. The Hall–Kier alpha value is -2.64. The molecule has 0 bridgehead atoms. The van der Waals surface area contributed by atoms with Crippen molar-refractivity contribution in [1.29, 1.82) is 0 Å². The molecule has 0 aliphatic rings. The van der Waals surface area contributed by atoms with Crippen LogP contribution in [-0.2, 0) is 9.59 Å². The predicted octanol–water partition coefficient (Wildman–Crippen LogP) is 1.98. The van der Waals surface area contributed by atoms with E-state index in [2.05, 4.69) is 5.32 Å². The topological polar surface area (TPSA) is 119 Å². The van der Waals surface area contributed by atoms with Crippen LogP contribution in [0.15, 0.2) is 24.3 Å². The Labute approximate surface area is 133 Å². The SMILES string of the molecule is CCC(CC)(CNC(=O)COc1ccccc1[N+](=O)[O-])C(=O)O. The summed E-state index contributed by atoms with van der Waals surface area (Å²) in [5.41, 5.74) is -1.25. The maximum absolute atomic E-state index is 11.8. The van der Waals surface area contributed by atoms with Crippen LogP contribution in [0, 0.1) is 15.5 Å². The lowest BCUT2D eigenvalue weighted by Crippen LogP contribution is -2.43. The van der Waals surface area contributed by atoms with E-state index in [1.807, 2.05) is 0 Å². The van der Waals surface area contributed by atoms with Crippen molar-refractivity contribution in [3.8, 4) is 5.75 Å². The second kappa shape index (κ2) is 8.11. The van der Waals surface area contributed by atoms with Gasteiger partial charge in [0.2, 0.25) is 0 Å². The van der Waals surface area contributed by atoms with Gasteiger partial charge < -0.3 is 15.2 Å². The van der Waals surface area contributed by atoms with Crippen LogP contribution in [0.25, 0.3) is 0 Å². The molecule has 23 heavy (non-hydrogen) atoms. The number of amides is 1. The zero-order valence-electron chi connectivity index (χ0n) is 13.1. The number of ether oxygens (including phenoxy) is 1. The summed E-state index contributed by atoms with van der Waals surface area (Å²) in [6.45, 7) is 3.05. The second-order valence-electron chi connectivity index (χ2n) is 5.08. The summed E-state index contributed by atoms with van der Waals surface area (Å²) in [6.07, 6.45) is 0.758. The number of nitro groups is 1. The fourth-order valence-electron chi connectivity index (χ4n) is 2.07. The number of nitro benzene ring substituents is 1. The highest BCUT2D eigenvalue weighted by atomic mass is 16.6. The Morgan fingerprint density at radius 2 is 1.91 bits per heavy atom. The lowest BCUT2D eigenvalue weighted by molar-refractivity contribution is -0.385. The predicted molar refractivity (Wildman–Crippen MR) is 82.3 cm³/mol. The molecule has 2 N–H and O–H groups in total. The number of carbonyl (C=O) groups is 2. The van der Waals surface area contributed by atoms with Gasteiger partial charge in [-0.05, 0) is 18.9 Å². The van der Waals surface area contributed by atoms with Crippen LogP contribution >= 0.6 is 0 Å². The Balaban J connectivity index is 2.62. The fraction of sp³-hybridized carbons (Fsp3) is 0.467. The Bertz CT molecular complexity index is 583. The maximum atomic E-state index is 11.8. The highest BCUT2D eigenvalue weighted by Gasteiger charge is 2.35. The molecule has 0 saturated heterocycles. The molecule has 0 aromatic heterocycles. The summed E-state index contributed by atoms with van der Waals surface area (Å²) >= 11 is 0. The van der Waals surface area contributed by atoms with Gasteiger partial charge in [-0.15, -0.1) is 0 Å². The molecule has 1 rings (SSSR count). The first-order valence-electron chi connectivity index (χ1n) is 7.22. The van der Waals surface area contributed by atoms with Gasteiger partial charge in [0.15, 0.2) is 12.4 Å². The van der Waals surface area contributed by atoms with E-state index in [0.717, 1.165) is 0 Å². The number of nitrogens with zero attached hydrogens (tertiary/aromatic N) is 1. The lowest BCUT2D eigenvalue weighted by atomic mass is 9.82. The van der Waals surface area contributed by atoms with Crippen molar-refractivity contribution in [3.63, 3.8) is 0 Å². The minimum absolute atomic E-state index is 0.0110. The number of carboxylic acid groups (broad SMARTS) is 1. The van der Waals surface area contributed by atoms with Crippen molar-refractivity contribution in [3.05, 3.63) is 34.4 Å². The standard InChI is InChI=1S/C15H20N2O6/c1-3-15(4-2,14(19)20)10-16-13(18)9-23-12-8-6-5-7-11(12)17(21)22/h5-8H,3-4,9-10H2,1-2H3,(H,16,18)(H,19,20). The molecule has 1 aromatic carbocycles. The third-order valence-electron chi connectivity index (χ3n) is 3.85. The molecule has 126 valence electrons. The lowest BCUT2D eigenvalue weighted by Gasteiger charge is -2.26. The summed E-state index contributed by atoms with van der Waals surface area (Å²) < 4.78 is 5.15. The van der Waals surface area contributed by atoms with Crippen LogP contribution in [0.5, 0.6) is 5.75 Å². The number of carbonyl (C=O) groups excluding carboxylic acids is 1. The van der Waals surface area contributed by atoms with Crippen LogP contribution in [0.2, 0.25) is 0 Å². The van der Waals surface area contributed by atoms with E-state index >= 15 is 0 Å². The van der Waals surface area contributed by atoms with Crippen molar-refractivity contribution in [2.24, 2.45) is 5.41 Å². The van der Waals surface area contributed by atoms with Gasteiger partial charge in [0, 0.05) is 12.6 Å². The number of rotatable bonds is 9. The summed E-state index contributed by atoms with van der Waals surface area (Å²) in [4.78, 5) is 33.4. The average Bonchev–Trinajstić information content (AvgIpc) is 2.54. The molecule has 0 spiro atoms. The van der Waals surface area contributed by atoms with Gasteiger partial charge in [-0.1, -0.05) is 26.0 Å². The molecule has 0 radical (unpaired) electrons. The third kappa shape index (κ3) is 4.67. The van der Waals surface area contributed by atoms with E-state index < -0.39 is 28.8 Å². The first-order valence-corrected chi connectivity index (χ1v) is 7.22. The van der Waals surface area contributed by atoms with Gasteiger partial charge in [0.05, 0.1) is 10.3 Å². The first-order chi connectivity index (χ1) is 10.9. The minimum atomic E-state index is -1.02. The zero-order chi connectivity index (χ0) is 17.5. The summed E-state index contributed by atoms with van der Waals surface area (Å²) in [7, 11) is 0. The number of nitrogens with one attached hydrogen (secondary N) is 1. The van der Waals surface area contributed by atoms with Crippen molar-refractivity contribution < 1.29 is 24.4 Å². The highest BCUT2D eigenvalue weighted by Crippen LogP contribution is 2.26. The molecule has 0 aliphatic heterocycles. The second-order valence-corrected chi connectivity index (χ2v) is 5.08. The van der Waals surface area contributed by atoms with Gasteiger partial charge in [-0.3, -0.25) is 19.7 Å². The molecule has 0 aliphatic carbocycles. The normalized spacial score (nSPS) is 10.9. The number of para-hydroxylation sites is 2. The van der Waals surface area contributed by atoms with Crippen molar-refractivity contribution in [2.45, 2.75) is 26.7 Å². The van der Waals surface area contributed by atoms with E-state index in [-0.39, 0.29) is 18.0 Å². The molecule has 0 heterocycles. The molecule has 0 saturated carbocycles. The fourth-order valence-corrected chi connectivity index (χ4v) is 2.07. The molecule has 1 amide bonds. The molecular formula is C15H20N2O6. The van der Waals surface area contributed by atoms with Gasteiger partial charge in [-0.2, -0.15) is 0 Å². The number of carboxylic acids is 1. The van der Waals surface area contributed by atoms with E-state index in [9.17, 15) is 24.8 Å². The van der Waals surface area contributed by atoms with E-state index in [4.69, 9.17) is 4.74 Å². The minimum Gasteiger partial charge on any atom is -0.481 e. The van der Waals surface area contributed by atoms with Crippen LogP contribution in [0.1, 0.15) is 26.7 Å². The van der Waals surface area contributed by atoms with Crippen LogP contribution in [0.3, 0.4) is 0 Å². The molecular weight excluding hydrogens is 304 g/mol. The monoisotopic (exact) mass is 324 g/mol.